The summed E-state index contributed by atoms with van der Waals surface area (Å²) in [5.74, 6) is 0. The predicted octanol–water partition coefficient (Wildman–Crippen LogP) is 2.87. The molecule has 5 heteroatoms. The molecule has 1 nitrogen and oxygen atoms in total. The lowest BCUT2D eigenvalue weighted by Crippen LogP contribution is -2.08. The Bertz CT molecular complexity index is 257. The molecule has 0 aliphatic rings. The van der Waals surface area contributed by atoms with Gasteiger partial charge in [-0.05, 0) is 13.8 Å². The van der Waals surface area contributed by atoms with Gasteiger partial charge in [-0.15, -0.1) is 11.3 Å². The van der Waals surface area contributed by atoms with Crippen LogP contribution in [-0.2, 0) is 0 Å². The van der Waals surface area contributed by atoms with E-state index in [-0.39, 0.29) is 11.4 Å². The summed E-state index contributed by atoms with van der Waals surface area (Å²) in [7, 11) is 0. The molecule has 1 aromatic heterocycles. The summed E-state index contributed by atoms with van der Waals surface area (Å²) in [5.41, 5.74) is 0.663. The predicted molar refractivity (Wildman–Crippen MR) is 41.0 cm³/mol. The molecule has 1 rings (SSSR count). The molecule has 0 N–H and O–H groups in total. The Hall–Kier alpha value is -0.580. The molecule has 0 spiro atoms. The van der Waals surface area contributed by atoms with Crippen molar-refractivity contribution in [1.82, 2.24) is 4.98 Å². The zero-order valence-electron chi connectivity index (χ0n) is 6.57. The van der Waals surface area contributed by atoms with Crippen LogP contribution in [0.2, 0.25) is 0 Å². The van der Waals surface area contributed by atoms with Gasteiger partial charge in [0.15, 0.2) is 0 Å². The average molecular weight is 194 g/mol. The van der Waals surface area contributed by atoms with Crippen LogP contribution in [0.15, 0.2) is 0 Å². The topological polar surface area (TPSA) is 12.9 Å². The minimum atomic E-state index is -4.27. The van der Waals surface area contributed by atoms with Crippen molar-refractivity contribution >= 4 is 11.3 Å². The Morgan fingerprint density at radius 3 is 2.25 bits per heavy atom. The van der Waals surface area contributed by atoms with E-state index in [2.05, 4.69) is 4.98 Å². The van der Waals surface area contributed by atoms with Crippen molar-refractivity contribution in [2.24, 2.45) is 0 Å². The number of hydrogen-bond donors (Lipinski definition) is 0. The smallest absolute Gasteiger partial charge is 0.246 e. The van der Waals surface area contributed by atoms with Crippen LogP contribution < -0.4 is 0 Å². The van der Waals surface area contributed by atoms with Crippen LogP contribution in [0.1, 0.15) is 15.6 Å². The second-order valence-corrected chi connectivity index (χ2v) is 3.61. The molecule has 0 bridgehead atoms. The lowest BCUT2D eigenvalue weighted by atomic mass is 10.4. The van der Waals surface area contributed by atoms with E-state index in [0.717, 1.165) is 16.2 Å². The van der Waals surface area contributed by atoms with Gasteiger partial charge in [0.25, 0.3) is 0 Å². The van der Waals surface area contributed by atoms with Crippen LogP contribution in [0.3, 0.4) is 0 Å². The van der Waals surface area contributed by atoms with Gasteiger partial charge in [-0.25, -0.2) is 4.98 Å². The number of thiazole rings is 1. The van der Waals surface area contributed by atoms with Crippen LogP contribution in [0.5, 0.6) is 0 Å². The van der Waals surface area contributed by atoms with Crippen LogP contribution in [0.25, 0.3) is 0 Å². The summed E-state index contributed by atoms with van der Waals surface area (Å²) in [6.45, 7) is 3.44. The molecule has 0 aromatic carbocycles. The Morgan fingerprint density at radius 2 is 1.92 bits per heavy atom. The molecular weight excluding hydrogens is 187 g/mol. The monoisotopic (exact) mass is 194 g/mol. The Labute approximate surface area is 72.2 Å². The number of halogens is 3. The molecule has 0 aliphatic carbocycles. The van der Waals surface area contributed by atoms with Crippen LogP contribution in [0, 0.1) is 20.3 Å². The fourth-order valence-electron chi connectivity index (χ4n) is 0.699. The molecule has 0 saturated heterocycles. The van der Waals surface area contributed by atoms with E-state index in [1.54, 1.807) is 13.8 Å². The van der Waals surface area contributed by atoms with Gasteiger partial charge in [0.1, 0.15) is 11.4 Å². The number of rotatable bonds is 1. The van der Waals surface area contributed by atoms with E-state index in [1.165, 1.54) is 0 Å². The largest absolute Gasteiger partial charge is 0.399 e. The molecular formula is C7H7F3NS. The second-order valence-electron chi connectivity index (χ2n) is 2.38. The van der Waals surface area contributed by atoms with Gasteiger partial charge in [-0.1, -0.05) is 0 Å². The fraction of sp³-hybridized carbons (Fsp3) is 0.429. The van der Waals surface area contributed by atoms with Gasteiger partial charge in [0.05, 0.1) is 5.69 Å². The van der Waals surface area contributed by atoms with Crippen molar-refractivity contribution in [3.63, 3.8) is 0 Å². The van der Waals surface area contributed by atoms with Crippen molar-refractivity contribution in [2.75, 3.05) is 0 Å². The van der Waals surface area contributed by atoms with E-state index in [0.29, 0.717) is 5.69 Å². The normalized spacial score (nSPS) is 12.1. The highest BCUT2D eigenvalue weighted by molar-refractivity contribution is 7.11. The second kappa shape index (κ2) is 3.05. The molecule has 0 amide bonds. The van der Waals surface area contributed by atoms with Crippen molar-refractivity contribution < 1.29 is 13.2 Å². The molecule has 0 saturated carbocycles. The van der Waals surface area contributed by atoms with Gasteiger partial charge in [0, 0.05) is 4.88 Å². The third kappa shape index (κ3) is 2.48. The van der Waals surface area contributed by atoms with E-state index in [1.807, 2.05) is 0 Å². The average Bonchev–Trinajstić information content (AvgIpc) is 2.07. The molecule has 67 valence electrons. The third-order valence-corrected chi connectivity index (χ3v) is 2.35. The van der Waals surface area contributed by atoms with Crippen molar-refractivity contribution in [3.05, 3.63) is 22.0 Å². The zero-order valence-corrected chi connectivity index (χ0v) is 7.38. The third-order valence-electron chi connectivity index (χ3n) is 1.33. The zero-order chi connectivity index (χ0) is 9.35. The Balaban J connectivity index is 2.77. The summed E-state index contributed by atoms with van der Waals surface area (Å²) >= 11 is 1.05. The van der Waals surface area contributed by atoms with Crippen LogP contribution in [-0.4, -0.2) is 11.2 Å². The summed E-state index contributed by atoms with van der Waals surface area (Å²) in [5, 5.41) is 0.0255. The lowest BCUT2D eigenvalue weighted by molar-refractivity contribution is -0.0927. The highest BCUT2D eigenvalue weighted by Crippen LogP contribution is 2.27. The SMILES string of the molecule is Cc1nc([CH]C(F)(F)F)sc1C. The van der Waals surface area contributed by atoms with E-state index in [9.17, 15) is 13.2 Å². The first-order chi connectivity index (χ1) is 5.38. The molecule has 0 fully saturated rings. The molecule has 1 radical (unpaired) electrons. The van der Waals surface area contributed by atoms with Gasteiger partial charge < -0.3 is 0 Å². The standard InChI is InChI=1S/C7H7F3NS/c1-4-5(2)12-6(11-4)3-7(8,9)10/h3H,1-2H3. The molecule has 1 heterocycles. The maximum atomic E-state index is 11.8. The Morgan fingerprint density at radius 1 is 1.33 bits per heavy atom. The van der Waals surface area contributed by atoms with E-state index in [4.69, 9.17) is 0 Å². The summed E-state index contributed by atoms with van der Waals surface area (Å²) in [6, 6.07) is 0. The van der Waals surface area contributed by atoms with Crippen molar-refractivity contribution in [2.45, 2.75) is 20.0 Å². The molecule has 12 heavy (non-hydrogen) atoms. The fourth-order valence-corrected chi connectivity index (χ4v) is 1.58. The molecule has 0 aliphatic heterocycles. The molecule has 0 unspecified atom stereocenters. The minimum Gasteiger partial charge on any atom is -0.246 e. The van der Waals surface area contributed by atoms with Gasteiger partial charge in [-0.3, -0.25) is 0 Å². The van der Waals surface area contributed by atoms with Crippen molar-refractivity contribution in [3.8, 4) is 0 Å². The lowest BCUT2D eigenvalue weighted by Gasteiger charge is -2.00. The summed E-state index contributed by atoms with van der Waals surface area (Å²) < 4.78 is 35.4. The van der Waals surface area contributed by atoms with Crippen molar-refractivity contribution in [1.29, 1.82) is 0 Å². The number of nitrogens with zero attached hydrogens (tertiary/aromatic N) is 1. The highest BCUT2D eigenvalue weighted by atomic mass is 32.1. The highest BCUT2D eigenvalue weighted by Gasteiger charge is 2.30. The summed E-state index contributed by atoms with van der Waals surface area (Å²) in [4.78, 5) is 4.56. The number of hydrogen-bond acceptors (Lipinski definition) is 2. The first kappa shape index (κ1) is 9.51. The Kier molecular flexibility index (Phi) is 2.41. The molecule has 1 aromatic rings. The number of alkyl halides is 3. The van der Waals surface area contributed by atoms with Gasteiger partial charge >= 0.3 is 6.18 Å². The van der Waals surface area contributed by atoms with Gasteiger partial charge in [0.2, 0.25) is 0 Å². The maximum Gasteiger partial charge on any atom is 0.399 e. The van der Waals surface area contributed by atoms with Crippen LogP contribution >= 0.6 is 11.3 Å². The van der Waals surface area contributed by atoms with E-state index < -0.39 is 6.18 Å². The first-order valence-corrected chi connectivity index (χ1v) is 4.07. The minimum absolute atomic E-state index is 0.0255. The summed E-state index contributed by atoms with van der Waals surface area (Å²) in [6.07, 6.45) is -4.05. The van der Waals surface area contributed by atoms with E-state index >= 15 is 0 Å². The maximum absolute atomic E-state index is 11.8. The first-order valence-electron chi connectivity index (χ1n) is 3.25. The van der Waals surface area contributed by atoms with Gasteiger partial charge in [-0.2, -0.15) is 13.2 Å². The van der Waals surface area contributed by atoms with Crippen LogP contribution in [0.4, 0.5) is 13.2 Å². The number of aromatic nitrogens is 1. The number of aryl methyl sites for hydroxylation is 2. The molecule has 0 atom stereocenters. The quantitative estimate of drug-likeness (QED) is 0.669.